The SMILES string of the molecule is Cc1cc(NC(=O)c2cc(Br)c[nH]2)cnc1Cl. The van der Waals surface area contributed by atoms with Gasteiger partial charge in [-0.05, 0) is 40.5 Å². The summed E-state index contributed by atoms with van der Waals surface area (Å²) >= 11 is 9.07. The molecule has 0 atom stereocenters. The molecule has 0 fully saturated rings. The van der Waals surface area contributed by atoms with Crippen LogP contribution < -0.4 is 5.32 Å². The summed E-state index contributed by atoms with van der Waals surface area (Å²) < 4.78 is 0.827. The molecule has 0 aliphatic heterocycles. The van der Waals surface area contributed by atoms with Crippen molar-refractivity contribution >= 4 is 39.1 Å². The standard InChI is InChI=1S/C11H9BrClN3O/c1-6-2-8(5-15-10(6)13)16-11(17)9-3-7(12)4-14-9/h2-5,14H,1H3,(H,16,17). The summed E-state index contributed by atoms with van der Waals surface area (Å²) in [6.07, 6.45) is 3.21. The predicted molar refractivity (Wildman–Crippen MR) is 70.4 cm³/mol. The highest BCUT2D eigenvalue weighted by molar-refractivity contribution is 9.10. The zero-order valence-electron chi connectivity index (χ0n) is 8.92. The van der Waals surface area contributed by atoms with Crippen molar-refractivity contribution in [3.8, 4) is 0 Å². The molecule has 2 rings (SSSR count). The maximum absolute atomic E-state index is 11.8. The van der Waals surface area contributed by atoms with E-state index >= 15 is 0 Å². The second kappa shape index (κ2) is 4.89. The number of aromatic amines is 1. The minimum absolute atomic E-state index is 0.223. The van der Waals surface area contributed by atoms with Gasteiger partial charge in [0.1, 0.15) is 10.8 Å². The Balaban J connectivity index is 2.15. The van der Waals surface area contributed by atoms with E-state index in [2.05, 4.69) is 31.2 Å². The maximum atomic E-state index is 11.8. The van der Waals surface area contributed by atoms with Crippen molar-refractivity contribution in [3.63, 3.8) is 0 Å². The van der Waals surface area contributed by atoms with Gasteiger partial charge in [-0.25, -0.2) is 4.98 Å². The molecule has 2 N–H and O–H groups in total. The van der Waals surface area contributed by atoms with Crippen molar-refractivity contribution in [3.05, 3.63) is 45.4 Å². The van der Waals surface area contributed by atoms with Gasteiger partial charge in [0.25, 0.3) is 5.91 Å². The number of rotatable bonds is 2. The van der Waals surface area contributed by atoms with Gasteiger partial charge in [0.05, 0.1) is 11.9 Å². The van der Waals surface area contributed by atoms with Crippen LogP contribution in [-0.4, -0.2) is 15.9 Å². The van der Waals surface area contributed by atoms with Gasteiger partial charge in [0.2, 0.25) is 0 Å². The number of hydrogen-bond acceptors (Lipinski definition) is 2. The number of amides is 1. The molecule has 2 aromatic heterocycles. The van der Waals surface area contributed by atoms with Crippen LogP contribution in [0.1, 0.15) is 16.1 Å². The van der Waals surface area contributed by atoms with Gasteiger partial charge in [-0.1, -0.05) is 11.6 Å². The first-order valence-electron chi connectivity index (χ1n) is 4.83. The molecule has 0 aliphatic rings. The third-order valence-corrected chi connectivity index (χ3v) is 3.02. The number of aromatic nitrogens is 2. The number of hydrogen-bond donors (Lipinski definition) is 2. The summed E-state index contributed by atoms with van der Waals surface area (Å²) in [6.45, 7) is 1.83. The first kappa shape index (κ1) is 12.1. The molecular weight excluding hydrogens is 305 g/mol. The molecular formula is C11H9BrClN3O. The number of carbonyl (C=O) groups is 1. The van der Waals surface area contributed by atoms with Crippen LogP contribution in [0, 0.1) is 6.92 Å². The molecule has 2 aromatic rings. The monoisotopic (exact) mass is 313 g/mol. The lowest BCUT2D eigenvalue weighted by Crippen LogP contribution is -2.12. The molecule has 0 radical (unpaired) electrons. The van der Waals surface area contributed by atoms with E-state index in [1.165, 1.54) is 6.20 Å². The Kier molecular flexibility index (Phi) is 3.49. The van der Waals surface area contributed by atoms with Crippen LogP contribution in [0.2, 0.25) is 5.15 Å². The summed E-state index contributed by atoms with van der Waals surface area (Å²) in [5.74, 6) is -0.223. The molecule has 0 spiro atoms. The Morgan fingerprint density at radius 3 is 2.88 bits per heavy atom. The van der Waals surface area contributed by atoms with Crippen LogP contribution >= 0.6 is 27.5 Å². The van der Waals surface area contributed by atoms with Gasteiger partial charge in [0, 0.05) is 10.7 Å². The molecule has 0 aromatic carbocycles. The van der Waals surface area contributed by atoms with Crippen LogP contribution in [0.4, 0.5) is 5.69 Å². The summed E-state index contributed by atoms with van der Waals surface area (Å²) in [6, 6.07) is 3.47. The smallest absolute Gasteiger partial charge is 0.272 e. The first-order valence-corrected chi connectivity index (χ1v) is 6.01. The first-order chi connectivity index (χ1) is 8.06. The van der Waals surface area contributed by atoms with Gasteiger partial charge >= 0.3 is 0 Å². The van der Waals surface area contributed by atoms with Crippen molar-refractivity contribution in [2.24, 2.45) is 0 Å². The van der Waals surface area contributed by atoms with E-state index in [1.807, 2.05) is 6.92 Å². The molecule has 2 heterocycles. The number of aryl methyl sites for hydroxylation is 1. The lowest BCUT2D eigenvalue weighted by Gasteiger charge is -2.04. The van der Waals surface area contributed by atoms with Crippen molar-refractivity contribution in [1.82, 2.24) is 9.97 Å². The number of carbonyl (C=O) groups excluding carboxylic acids is 1. The van der Waals surface area contributed by atoms with Gasteiger partial charge < -0.3 is 10.3 Å². The molecule has 0 saturated carbocycles. The molecule has 17 heavy (non-hydrogen) atoms. The number of pyridine rings is 1. The second-order valence-corrected chi connectivity index (χ2v) is 4.79. The number of anilines is 1. The van der Waals surface area contributed by atoms with Crippen molar-refractivity contribution < 1.29 is 4.79 Å². The average Bonchev–Trinajstić information content (AvgIpc) is 2.70. The van der Waals surface area contributed by atoms with Gasteiger partial charge in [-0.3, -0.25) is 4.79 Å². The zero-order valence-corrected chi connectivity index (χ0v) is 11.3. The van der Waals surface area contributed by atoms with Crippen molar-refractivity contribution in [2.45, 2.75) is 6.92 Å². The molecule has 0 aliphatic carbocycles. The summed E-state index contributed by atoms with van der Waals surface area (Å²) in [7, 11) is 0. The van der Waals surface area contributed by atoms with Crippen LogP contribution in [0.25, 0.3) is 0 Å². The second-order valence-electron chi connectivity index (χ2n) is 3.52. The van der Waals surface area contributed by atoms with E-state index in [-0.39, 0.29) is 5.91 Å². The highest BCUT2D eigenvalue weighted by atomic mass is 79.9. The zero-order chi connectivity index (χ0) is 12.4. The molecule has 6 heteroatoms. The van der Waals surface area contributed by atoms with E-state index in [0.717, 1.165) is 10.0 Å². The Morgan fingerprint density at radius 1 is 1.53 bits per heavy atom. The highest BCUT2D eigenvalue weighted by Gasteiger charge is 2.09. The van der Waals surface area contributed by atoms with Crippen LogP contribution in [0.5, 0.6) is 0 Å². The van der Waals surface area contributed by atoms with E-state index in [4.69, 9.17) is 11.6 Å². The molecule has 0 unspecified atom stereocenters. The highest BCUT2D eigenvalue weighted by Crippen LogP contribution is 2.17. The lowest BCUT2D eigenvalue weighted by molar-refractivity contribution is 0.102. The topological polar surface area (TPSA) is 57.8 Å². The third-order valence-electron chi connectivity index (χ3n) is 2.16. The van der Waals surface area contributed by atoms with Crippen LogP contribution in [0.3, 0.4) is 0 Å². The Labute approximate surface area is 112 Å². The van der Waals surface area contributed by atoms with Crippen molar-refractivity contribution in [2.75, 3.05) is 5.32 Å². The predicted octanol–water partition coefficient (Wildman–Crippen LogP) is 3.39. The number of nitrogens with zero attached hydrogens (tertiary/aromatic N) is 1. The van der Waals surface area contributed by atoms with Gasteiger partial charge in [0.15, 0.2) is 0 Å². The minimum Gasteiger partial charge on any atom is -0.356 e. The number of halogens is 2. The normalized spacial score (nSPS) is 10.3. The van der Waals surface area contributed by atoms with E-state index in [9.17, 15) is 4.79 Å². The molecule has 0 bridgehead atoms. The van der Waals surface area contributed by atoms with Gasteiger partial charge in [-0.2, -0.15) is 0 Å². The van der Waals surface area contributed by atoms with E-state index < -0.39 is 0 Å². The minimum atomic E-state index is -0.223. The summed E-state index contributed by atoms with van der Waals surface area (Å²) in [5, 5.41) is 3.16. The Bertz CT molecular complexity index is 568. The quantitative estimate of drug-likeness (QED) is 0.835. The number of H-pyrrole nitrogens is 1. The van der Waals surface area contributed by atoms with Gasteiger partial charge in [-0.15, -0.1) is 0 Å². The fourth-order valence-corrected chi connectivity index (χ4v) is 1.77. The Hall–Kier alpha value is -1.33. The summed E-state index contributed by atoms with van der Waals surface area (Å²) in [5.41, 5.74) is 1.91. The Morgan fingerprint density at radius 2 is 2.29 bits per heavy atom. The summed E-state index contributed by atoms with van der Waals surface area (Å²) in [4.78, 5) is 18.6. The average molecular weight is 315 g/mol. The molecule has 4 nitrogen and oxygen atoms in total. The molecule has 0 saturated heterocycles. The molecule has 1 amide bonds. The van der Waals surface area contributed by atoms with Crippen molar-refractivity contribution in [1.29, 1.82) is 0 Å². The third kappa shape index (κ3) is 2.87. The fraction of sp³-hybridized carbons (Fsp3) is 0.0909. The lowest BCUT2D eigenvalue weighted by atomic mass is 10.3. The fourth-order valence-electron chi connectivity index (χ4n) is 1.32. The van der Waals surface area contributed by atoms with E-state index in [1.54, 1.807) is 18.3 Å². The van der Waals surface area contributed by atoms with Crippen LogP contribution in [0.15, 0.2) is 29.0 Å². The largest absolute Gasteiger partial charge is 0.356 e. The van der Waals surface area contributed by atoms with Crippen LogP contribution in [-0.2, 0) is 0 Å². The molecule has 88 valence electrons. The number of nitrogens with one attached hydrogen (secondary N) is 2. The maximum Gasteiger partial charge on any atom is 0.272 e. The van der Waals surface area contributed by atoms with E-state index in [0.29, 0.717) is 16.5 Å².